The van der Waals surface area contributed by atoms with Crippen LogP contribution in [0, 0.1) is 12.7 Å². The van der Waals surface area contributed by atoms with E-state index in [1.165, 1.54) is 24.3 Å². The zero-order chi connectivity index (χ0) is 14.0. The van der Waals surface area contributed by atoms with Crippen molar-refractivity contribution < 1.29 is 9.18 Å². The minimum Gasteiger partial charge on any atom is -0.397 e. The maximum absolute atomic E-state index is 12.8. The molecule has 0 unspecified atom stereocenters. The van der Waals surface area contributed by atoms with E-state index in [4.69, 9.17) is 5.73 Å². The third-order valence-electron chi connectivity index (χ3n) is 2.61. The van der Waals surface area contributed by atoms with Crippen LogP contribution in [0.25, 0.3) is 0 Å². The van der Waals surface area contributed by atoms with Gasteiger partial charge in [0.2, 0.25) is 0 Å². The van der Waals surface area contributed by atoms with E-state index in [0.717, 1.165) is 5.56 Å². The maximum atomic E-state index is 12.8. The van der Waals surface area contributed by atoms with Crippen LogP contribution < -0.4 is 11.1 Å². The number of anilines is 2. The van der Waals surface area contributed by atoms with Crippen LogP contribution in [-0.2, 0) is 0 Å². The normalized spacial score (nSPS) is 10.3. The Bertz CT molecular complexity index is 603. The Morgan fingerprint density at radius 2 is 1.89 bits per heavy atom. The summed E-state index contributed by atoms with van der Waals surface area (Å²) in [5.41, 5.74) is 8.21. The van der Waals surface area contributed by atoms with Crippen LogP contribution in [0.2, 0.25) is 0 Å². The van der Waals surface area contributed by atoms with Crippen LogP contribution in [0.1, 0.15) is 15.9 Å². The molecule has 19 heavy (non-hydrogen) atoms. The molecule has 0 saturated heterocycles. The Morgan fingerprint density at radius 1 is 1.26 bits per heavy atom. The molecule has 0 radical (unpaired) electrons. The van der Waals surface area contributed by atoms with Crippen molar-refractivity contribution >= 4 is 33.2 Å². The van der Waals surface area contributed by atoms with Crippen LogP contribution in [0.5, 0.6) is 0 Å². The van der Waals surface area contributed by atoms with Gasteiger partial charge in [-0.2, -0.15) is 0 Å². The largest absolute Gasteiger partial charge is 0.397 e. The molecule has 0 fully saturated rings. The molecule has 2 rings (SSSR count). The average molecular weight is 323 g/mol. The summed E-state index contributed by atoms with van der Waals surface area (Å²) in [5.74, 6) is -0.719. The van der Waals surface area contributed by atoms with Crippen molar-refractivity contribution in [3.05, 3.63) is 57.8 Å². The Balaban J connectivity index is 2.26. The summed E-state index contributed by atoms with van der Waals surface area (Å²) in [6, 6.07) is 8.94. The molecule has 0 saturated carbocycles. The second-order valence-corrected chi connectivity index (χ2v) is 5.03. The maximum Gasteiger partial charge on any atom is 0.255 e. The van der Waals surface area contributed by atoms with Crippen molar-refractivity contribution in [2.75, 3.05) is 11.1 Å². The lowest BCUT2D eigenvalue weighted by Crippen LogP contribution is -2.13. The predicted octanol–water partition coefficient (Wildman–Crippen LogP) is 3.73. The highest BCUT2D eigenvalue weighted by atomic mass is 79.9. The Hall–Kier alpha value is -1.88. The lowest BCUT2D eigenvalue weighted by Gasteiger charge is -2.11. The molecular formula is C14H12BrFN2O. The van der Waals surface area contributed by atoms with E-state index in [2.05, 4.69) is 21.2 Å². The number of nitrogens with two attached hydrogens (primary N) is 1. The molecule has 0 aromatic heterocycles. The van der Waals surface area contributed by atoms with E-state index in [9.17, 15) is 9.18 Å². The molecule has 2 aromatic carbocycles. The van der Waals surface area contributed by atoms with E-state index in [1.807, 2.05) is 13.0 Å². The fourth-order valence-electron chi connectivity index (χ4n) is 1.69. The first-order valence-corrected chi connectivity index (χ1v) is 6.39. The van der Waals surface area contributed by atoms with Crippen LogP contribution in [0.15, 0.2) is 40.9 Å². The summed E-state index contributed by atoms with van der Waals surface area (Å²) >= 11 is 3.36. The summed E-state index contributed by atoms with van der Waals surface area (Å²) in [5, 5.41) is 2.71. The number of aryl methyl sites for hydroxylation is 1. The second kappa shape index (κ2) is 5.40. The minimum absolute atomic E-state index is 0.337. The third-order valence-corrected chi connectivity index (χ3v) is 3.24. The van der Waals surface area contributed by atoms with Crippen LogP contribution in [0.4, 0.5) is 15.8 Å². The van der Waals surface area contributed by atoms with Crippen molar-refractivity contribution in [3.8, 4) is 0 Å². The van der Waals surface area contributed by atoms with Gasteiger partial charge < -0.3 is 11.1 Å². The molecule has 0 aliphatic carbocycles. The van der Waals surface area contributed by atoms with Gasteiger partial charge in [0.15, 0.2) is 0 Å². The molecule has 0 aliphatic heterocycles. The molecular weight excluding hydrogens is 311 g/mol. The smallest absolute Gasteiger partial charge is 0.255 e. The SMILES string of the molecule is Cc1cc(N)c(NC(=O)c2ccc(F)cc2)c(Br)c1. The van der Waals surface area contributed by atoms with Gasteiger partial charge >= 0.3 is 0 Å². The topological polar surface area (TPSA) is 55.1 Å². The minimum atomic E-state index is -0.382. The Labute approximate surface area is 118 Å². The van der Waals surface area contributed by atoms with Crippen molar-refractivity contribution in [3.63, 3.8) is 0 Å². The van der Waals surface area contributed by atoms with Gasteiger partial charge in [-0.05, 0) is 64.8 Å². The highest BCUT2D eigenvalue weighted by Gasteiger charge is 2.11. The number of carbonyl (C=O) groups excluding carboxylic acids is 1. The van der Waals surface area contributed by atoms with Crippen molar-refractivity contribution in [1.82, 2.24) is 0 Å². The number of hydrogen-bond acceptors (Lipinski definition) is 2. The fourth-order valence-corrected chi connectivity index (χ4v) is 2.38. The molecule has 2 aromatic rings. The quantitative estimate of drug-likeness (QED) is 0.828. The number of carbonyl (C=O) groups is 1. The molecule has 3 nitrogen and oxygen atoms in total. The summed E-state index contributed by atoms with van der Waals surface area (Å²) in [6.07, 6.45) is 0. The molecule has 3 N–H and O–H groups in total. The van der Waals surface area contributed by atoms with Crippen LogP contribution in [0.3, 0.4) is 0 Å². The van der Waals surface area contributed by atoms with E-state index in [1.54, 1.807) is 6.07 Å². The molecule has 0 atom stereocenters. The summed E-state index contributed by atoms with van der Waals surface area (Å²) in [7, 11) is 0. The van der Waals surface area contributed by atoms with E-state index in [0.29, 0.717) is 21.4 Å². The molecule has 0 bridgehead atoms. The van der Waals surface area contributed by atoms with Crippen molar-refractivity contribution in [1.29, 1.82) is 0 Å². The molecule has 0 aliphatic rings. The van der Waals surface area contributed by atoms with Gasteiger partial charge in [-0.15, -0.1) is 0 Å². The van der Waals surface area contributed by atoms with E-state index in [-0.39, 0.29) is 11.7 Å². The zero-order valence-corrected chi connectivity index (χ0v) is 11.8. The Kier molecular flexibility index (Phi) is 3.85. The number of halogens is 2. The summed E-state index contributed by atoms with van der Waals surface area (Å²) in [4.78, 5) is 12.0. The van der Waals surface area contributed by atoms with Gasteiger partial charge in [-0.25, -0.2) is 4.39 Å². The van der Waals surface area contributed by atoms with Gasteiger partial charge in [0.25, 0.3) is 5.91 Å². The standard InChI is InChI=1S/C14H12BrFN2O/c1-8-6-11(15)13(12(17)7-8)18-14(19)9-2-4-10(16)5-3-9/h2-7H,17H2,1H3,(H,18,19). The number of amides is 1. The highest BCUT2D eigenvalue weighted by Crippen LogP contribution is 2.30. The molecule has 5 heteroatoms. The van der Waals surface area contributed by atoms with E-state index >= 15 is 0 Å². The monoisotopic (exact) mass is 322 g/mol. The van der Waals surface area contributed by atoms with Gasteiger partial charge in [0.1, 0.15) is 5.82 Å². The zero-order valence-electron chi connectivity index (χ0n) is 10.2. The third kappa shape index (κ3) is 3.12. The molecule has 0 heterocycles. The van der Waals surface area contributed by atoms with Crippen LogP contribution >= 0.6 is 15.9 Å². The molecule has 0 spiro atoms. The predicted molar refractivity (Wildman–Crippen MR) is 77.6 cm³/mol. The average Bonchev–Trinajstić information content (AvgIpc) is 2.34. The number of hydrogen-bond donors (Lipinski definition) is 2. The van der Waals surface area contributed by atoms with Gasteiger partial charge in [-0.3, -0.25) is 4.79 Å². The van der Waals surface area contributed by atoms with Gasteiger partial charge in [0.05, 0.1) is 11.4 Å². The van der Waals surface area contributed by atoms with Crippen molar-refractivity contribution in [2.45, 2.75) is 6.92 Å². The Morgan fingerprint density at radius 3 is 2.47 bits per heavy atom. The van der Waals surface area contributed by atoms with Gasteiger partial charge in [0, 0.05) is 10.0 Å². The fraction of sp³-hybridized carbons (Fsp3) is 0.0714. The number of rotatable bonds is 2. The second-order valence-electron chi connectivity index (χ2n) is 4.17. The number of nitrogen functional groups attached to an aromatic ring is 1. The molecule has 98 valence electrons. The highest BCUT2D eigenvalue weighted by molar-refractivity contribution is 9.10. The first-order valence-electron chi connectivity index (χ1n) is 5.60. The number of nitrogens with one attached hydrogen (secondary N) is 1. The first-order chi connectivity index (χ1) is 8.97. The van der Waals surface area contributed by atoms with Crippen LogP contribution in [-0.4, -0.2) is 5.91 Å². The van der Waals surface area contributed by atoms with E-state index < -0.39 is 0 Å². The lowest BCUT2D eigenvalue weighted by molar-refractivity contribution is 0.102. The first kappa shape index (κ1) is 13.5. The number of benzene rings is 2. The summed E-state index contributed by atoms with van der Waals surface area (Å²) in [6.45, 7) is 1.91. The van der Waals surface area contributed by atoms with Gasteiger partial charge in [-0.1, -0.05) is 0 Å². The van der Waals surface area contributed by atoms with Crippen molar-refractivity contribution in [2.24, 2.45) is 0 Å². The molecule has 1 amide bonds. The summed E-state index contributed by atoms with van der Waals surface area (Å²) < 4.78 is 13.5. The lowest BCUT2D eigenvalue weighted by atomic mass is 10.1.